The summed E-state index contributed by atoms with van der Waals surface area (Å²) in [6.45, 7) is 2.01. The van der Waals surface area contributed by atoms with E-state index >= 15 is 0 Å². The van der Waals surface area contributed by atoms with Crippen LogP contribution in [0.25, 0.3) is 5.69 Å². The summed E-state index contributed by atoms with van der Waals surface area (Å²) in [6.07, 6.45) is 1.58. The average Bonchev–Trinajstić information content (AvgIpc) is 2.62. The number of halogens is 2. The molecule has 4 nitrogen and oxygen atoms in total. The molecular formula is C11H12ClFN4. The Morgan fingerprint density at radius 2 is 2.24 bits per heavy atom. The van der Waals surface area contributed by atoms with Crippen molar-refractivity contribution in [3.05, 3.63) is 34.7 Å². The van der Waals surface area contributed by atoms with Gasteiger partial charge in [0.25, 0.3) is 0 Å². The summed E-state index contributed by atoms with van der Waals surface area (Å²) in [5, 5.41) is 7.96. The van der Waals surface area contributed by atoms with Gasteiger partial charge in [0.05, 0.1) is 5.69 Å². The highest BCUT2D eigenvalue weighted by Gasteiger charge is 2.14. The Labute approximate surface area is 103 Å². The minimum absolute atomic E-state index is 0.307. The largest absolute Gasteiger partial charge is 0.381 e. The number of nitrogen functional groups attached to an aromatic ring is 1. The van der Waals surface area contributed by atoms with Crippen LogP contribution in [0.4, 0.5) is 10.2 Å². The molecule has 2 aromatic rings. The lowest BCUT2D eigenvalue weighted by molar-refractivity contribution is 0.601. The first-order chi connectivity index (χ1) is 8.13. The Kier molecular flexibility index (Phi) is 3.28. The van der Waals surface area contributed by atoms with Crippen LogP contribution in [0.3, 0.4) is 0 Å². The predicted octanol–water partition coefficient (Wildman–Crippen LogP) is 2.59. The third kappa shape index (κ3) is 2.24. The van der Waals surface area contributed by atoms with Gasteiger partial charge in [-0.05, 0) is 24.6 Å². The zero-order chi connectivity index (χ0) is 12.4. The molecule has 0 aliphatic carbocycles. The molecule has 0 aliphatic rings. The summed E-state index contributed by atoms with van der Waals surface area (Å²) in [7, 11) is 0. The van der Waals surface area contributed by atoms with Crippen molar-refractivity contribution < 1.29 is 4.39 Å². The predicted molar refractivity (Wildman–Crippen MR) is 64.7 cm³/mol. The van der Waals surface area contributed by atoms with E-state index in [2.05, 4.69) is 10.3 Å². The third-order valence-corrected chi connectivity index (χ3v) is 2.65. The van der Waals surface area contributed by atoms with Crippen molar-refractivity contribution in [3.63, 3.8) is 0 Å². The van der Waals surface area contributed by atoms with Gasteiger partial charge in [0.1, 0.15) is 11.5 Å². The zero-order valence-electron chi connectivity index (χ0n) is 9.32. The Morgan fingerprint density at radius 1 is 1.47 bits per heavy atom. The van der Waals surface area contributed by atoms with Crippen LogP contribution in [0, 0.1) is 5.82 Å². The van der Waals surface area contributed by atoms with Gasteiger partial charge in [-0.1, -0.05) is 30.2 Å². The first-order valence-electron chi connectivity index (χ1n) is 5.29. The molecular weight excluding hydrogens is 243 g/mol. The van der Waals surface area contributed by atoms with Crippen LogP contribution in [0.1, 0.15) is 19.0 Å². The van der Waals surface area contributed by atoms with Crippen molar-refractivity contribution in [2.45, 2.75) is 19.8 Å². The lowest BCUT2D eigenvalue weighted by atomic mass is 10.2. The summed E-state index contributed by atoms with van der Waals surface area (Å²) < 4.78 is 15.2. The molecule has 0 spiro atoms. The maximum atomic E-state index is 13.8. The smallest absolute Gasteiger partial charge is 0.169 e. The van der Waals surface area contributed by atoms with Crippen molar-refractivity contribution in [2.75, 3.05) is 5.73 Å². The lowest BCUT2D eigenvalue weighted by Crippen LogP contribution is -2.05. The molecule has 0 bridgehead atoms. The zero-order valence-corrected chi connectivity index (χ0v) is 10.1. The minimum atomic E-state index is -0.445. The highest BCUT2D eigenvalue weighted by atomic mass is 35.5. The molecule has 0 saturated carbocycles. The standard InChI is InChI=1S/C11H12ClFN4/c1-2-3-10-11(14)15-16-17(10)9-5-4-7(12)6-8(9)13/h4-6H,2-3,14H2,1H3. The molecule has 1 heterocycles. The lowest BCUT2D eigenvalue weighted by Gasteiger charge is -2.07. The van der Waals surface area contributed by atoms with E-state index in [0.717, 1.165) is 6.42 Å². The fourth-order valence-corrected chi connectivity index (χ4v) is 1.79. The topological polar surface area (TPSA) is 56.7 Å². The average molecular weight is 255 g/mol. The number of hydrogen-bond donors (Lipinski definition) is 1. The number of benzene rings is 1. The monoisotopic (exact) mass is 254 g/mol. The van der Waals surface area contributed by atoms with E-state index in [-0.39, 0.29) is 0 Å². The number of anilines is 1. The van der Waals surface area contributed by atoms with Crippen LogP contribution >= 0.6 is 11.6 Å². The van der Waals surface area contributed by atoms with E-state index in [9.17, 15) is 4.39 Å². The van der Waals surface area contributed by atoms with Gasteiger partial charge < -0.3 is 5.73 Å². The molecule has 0 unspecified atom stereocenters. The number of nitrogens with zero attached hydrogens (tertiary/aromatic N) is 3. The van der Waals surface area contributed by atoms with Gasteiger partial charge in [0.2, 0.25) is 0 Å². The number of hydrogen-bond acceptors (Lipinski definition) is 3. The molecule has 90 valence electrons. The van der Waals surface area contributed by atoms with Crippen molar-refractivity contribution in [2.24, 2.45) is 0 Å². The van der Waals surface area contributed by atoms with Gasteiger partial charge in [-0.2, -0.15) is 0 Å². The molecule has 0 atom stereocenters. The first kappa shape index (κ1) is 11.9. The molecule has 0 radical (unpaired) electrons. The summed E-state index contributed by atoms with van der Waals surface area (Å²) >= 11 is 5.70. The van der Waals surface area contributed by atoms with E-state index in [1.165, 1.54) is 10.7 Å². The van der Waals surface area contributed by atoms with Crippen LogP contribution < -0.4 is 5.73 Å². The van der Waals surface area contributed by atoms with Crippen LogP contribution in [0.2, 0.25) is 5.02 Å². The molecule has 0 amide bonds. The van der Waals surface area contributed by atoms with Crippen molar-refractivity contribution in [3.8, 4) is 5.69 Å². The molecule has 6 heteroatoms. The molecule has 2 N–H and O–H groups in total. The van der Waals surface area contributed by atoms with E-state index in [1.807, 2.05) is 6.92 Å². The summed E-state index contributed by atoms with van der Waals surface area (Å²) in [5.41, 5.74) is 6.73. The fourth-order valence-electron chi connectivity index (χ4n) is 1.63. The molecule has 1 aromatic heterocycles. The normalized spacial score (nSPS) is 10.8. The maximum Gasteiger partial charge on any atom is 0.169 e. The second kappa shape index (κ2) is 4.71. The molecule has 2 rings (SSSR count). The molecule has 0 saturated heterocycles. The van der Waals surface area contributed by atoms with Gasteiger partial charge >= 0.3 is 0 Å². The van der Waals surface area contributed by atoms with Crippen LogP contribution in [0.5, 0.6) is 0 Å². The minimum Gasteiger partial charge on any atom is -0.381 e. The van der Waals surface area contributed by atoms with Gasteiger partial charge in [-0.25, -0.2) is 9.07 Å². The first-order valence-corrected chi connectivity index (χ1v) is 5.66. The van der Waals surface area contributed by atoms with E-state index < -0.39 is 5.82 Å². The molecule has 0 fully saturated rings. The van der Waals surface area contributed by atoms with Crippen LogP contribution in [0.15, 0.2) is 18.2 Å². The summed E-state index contributed by atoms with van der Waals surface area (Å²) in [4.78, 5) is 0. The van der Waals surface area contributed by atoms with Crippen molar-refractivity contribution >= 4 is 17.4 Å². The Balaban J connectivity index is 2.52. The number of nitrogens with two attached hydrogens (primary N) is 1. The van der Waals surface area contributed by atoms with Crippen LogP contribution in [-0.2, 0) is 6.42 Å². The van der Waals surface area contributed by atoms with Crippen LogP contribution in [-0.4, -0.2) is 15.0 Å². The van der Waals surface area contributed by atoms with E-state index in [4.69, 9.17) is 17.3 Å². The van der Waals surface area contributed by atoms with Gasteiger partial charge in [0.15, 0.2) is 5.82 Å². The fraction of sp³-hybridized carbons (Fsp3) is 0.273. The van der Waals surface area contributed by atoms with E-state index in [1.54, 1.807) is 12.1 Å². The highest BCUT2D eigenvalue weighted by molar-refractivity contribution is 6.30. The Bertz CT molecular complexity index is 538. The van der Waals surface area contributed by atoms with Gasteiger partial charge in [-0.3, -0.25) is 0 Å². The highest BCUT2D eigenvalue weighted by Crippen LogP contribution is 2.21. The molecule has 0 aliphatic heterocycles. The van der Waals surface area contributed by atoms with Crippen molar-refractivity contribution in [1.82, 2.24) is 15.0 Å². The Hall–Kier alpha value is -1.62. The molecule has 1 aromatic carbocycles. The second-order valence-corrected chi connectivity index (χ2v) is 4.12. The SMILES string of the molecule is CCCc1c(N)nnn1-c1ccc(Cl)cc1F. The number of aromatic nitrogens is 3. The quantitative estimate of drug-likeness (QED) is 0.916. The van der Waals surface area contributed by atoms with Gasteiger partial charge in [0, 0.05) is 5.02 Å². The third-order valence-electron chi connectivity index (χ3n) is 2.42. The number of rotatable bonds is 3. The summed E-state index contributed by atoms with van der Waals surface area (Å²) in [5.74, 6) is -0.110. The van der Waals surface area contributed by atoms with E-state index in [0.29, 0.717) is 28.6 Å². The van der Waals surface area contributed by atoms with Crippen molar-refractivity contribution in [1.29, 1.82) is 0 Å². The second-order valence-electron chi connectivity index (χ2n) is 3.68. The molecule has 17 heavy (non-hydrogen) atoms. The summed E-state index contributed by atoms with van der Waals surface area (Å²) in [6, 6.07) is 4.41. The van der Waals surface area contributed by atoms with Gasteiger partial charge in [-0.15, -0.1) is 5.10 Å². The maximum absolute atomic E-state index is 13.8. The Morgan fingerprint density at radius 3 is 2.88 bits per heavy atom.